The Bertz CT molecular complexity index is 1000. The standard InChI is InChI=1S/C21H18IN3O3/c1-15-3-2-4-17(11-15)14-28-21-10-5-16(12-20(21)22)13-23-24-18-6-8-19(9-7-18)25(26)27/h2-13,24H,14H2,1H3/b23-13+. The molecule has 0 unspecified atom stereocenters. The Balaban J connectivity index is 1.58. The van der Waals surface area contributed by atoms with Gasteiger partial charge in [0.2, 0.25) is 0 Å². The van der Waals surface area contributed by atoms with Gasteiger partial charge in [0, 0.05) is 12.1 Å². The van der Waals surface area contributed by atoms with Gasteiger partial charge in [-0.05, 0) is 71.0 Å². The van der Waals surface area contributed by atoms with Crippen LogP contribution in [0.1, 0.15) is 16.7 Å². The van der Waals surface area contributed by atoms with Crippen LogP contribution in [0.4, 0.5) is 11.4 Å². The van der Waals surface area contributed by atoms with E-state index in [4.69, 9.17) is 4.74 Å². The Kier molecular flexibility index (Phi) is 6.59. The molecule has 0 atom stereocenters. The molecule has 0 radical (unpaired) electrons. The third kappa shape index (κ3) is 5.53. The van der Waals surface area contributed by atoms with Gasteiger partial charge in [0.05, 0.1) is 20.4 Å². The summed E-state index contributed by atoms with van der Waals surface area (Å²) >= 11 is 2.24. The van der Waals surface area contributed by atoms with Gasteiger partial charge in [0.15, 0.2) is 0 Å². The molecule has 0 aromatic heterocycles. The molecule has 1 N–H and O–H groups in total. The van der Waals surface area contributed by atoms with Crippen molar-refractivity contribution in [3.8, 4) is 5.75 Å². The predicted molar refractivity (Wildman–Crippen MR) is 119 cm³/mol. The molecule has 0 heterocycles. The van der Waals surface area contributed by atoms with Crippen LogP contribution in [0.2, 0.25) is 0 Å². The number of nitro groups is 1. The van der Waals surface area contributed by atoms with Crippen molar-refractivity contribution in [2.45, 2.75) is 13.5 Å². The summed E-state index contributed by atoms with van der Waals surface area (Å²) in [5, 5.41) is 14.8. The van der Waals surface area contributed by atoms with Crippen molar-refractivity contribution in [1.82, 2.24) is 0 Å². The van der Waals surface area contributed by atoms with E-state index in [1.54, 1.807) is 18.3 Å². The number of hydrazone groups is 1. The van der Waals surface area contributed by atoms with Crippen LogP contribution in [0.3, 0.4) is 0 Å². The normalized spacial score (nSPS) is 10.8. The Hall–Kier alpha value is -2.94. The Labute approximate surface area is 176 Å². The van der Waals surface area contributed by atoms with Crippen LogP contribution in [-0.4, -0.2) is 11.1 Å². The van der Waals surface area contributed by atoms with Gasteiger partial charge in [0.1, 0.15) is 12.4 Å². The third-order valence-corrected chi connectivity index (χ3v) is 4.76. The fraction of sp³-hybridized carbons (Fsp3) is 0.0952. The maximum Gasteiger partial charge on any atom is 0.269 e. The highest BCUT2D eigenvalue weighted by molar-refractivity contribution is 14.1. The van der Waals surface area contributed by atoms with Crippen molar-refractivity contribution in [2.24, 2.45) is 5.10 Å². The van der Waals surface area contributed by atoms with E-state index in [2.05, 4.69) is 52.2 Å². The Morgan fingerprint density at radius 2 is 1.93 bits per heavy atom. The van der Waals surface area contributed by atoms with Crippen molar-refractivity contribution in [3.63, 3.8) is 0 Å². The molecule has 0 bridgehead atoms. The Morgan fingerprint density at radius 1 is 1.14 bits per heavy atom. The number of hydrogen-bond acceptors (Lipinski definition) is 5. The second-order valence-corrected chi connectivity index (χ2v) is 7.30. The minimum atomic E-state index is -0.433. The number of aryl methyl sites for hydroxylation is 1. The molecule has 3 aromatic rings. The number of hydrogen-bond donors (Lipinski definition) is 1. The number of anilines is 1. The maximum atomic E-state index is 10.7. The first kappa shape index (κ1) is 19.8. The van der Waals surface area contributed by atoms with Crippen molar-refractivity contribution in [2.75, 3.05) is 5.43 Å². The molecule has 0 aliphatic carbocycles. The number of halogens is 1. The summed E-state index contributed by atoms with van der Waals surface area (Å²) in [6.45, 7) is 2.58. The van der Waals surface area contributed by atoms with Crippen LogP contribution < -0.4 is 10.2 Å². The van der Waals surface area contributed by atoms with Gasteiger partial charge in [-0.1, -0.05) is 29.8 Å². The fourth-order valence-electron chi connectivity index (χ4n) is 2.52. The van der Waals surface area contributed by atoms with E-state index < -0.39 is 4.92 Å². The molecule has 0 saturated carbocycles. The molecule has 3 rings (SSSR count). The molecular weight excluding hydrogens is 469 g/mol. The van der Waals surface area contributed by atoms with Gasteiger partial charge in [-0.2, -0.15) is 5.10 Å². The summed E-state index contributed by atoms with van der Waals surface area (Å²) in [4.78, 5) is 10.2. The van der Waals surface area contributed by atoms with Crippen molar-refractivity contribution in [1.29, 1.82) is 0 Å². The monoisotopic (exact) mass is 487 g/mol. The summed E-state index contributed by atoms with van der Waals surface area (Å²) in [5.74, 6) is 0.822. The van der Waals surface area contributed by atoms with E-state index in [-0.39, 0.29) is 5.69 Å². The van der Waals surface area contributed by atoms with Crippen LogP contribution in [0, 0.1) is 20.6 Å². The zero-order valence-electron chi connectivity index (χ0n) is 15.1. The van der Waals surface area contributed by atoms with E-state index in [9.17, 15) is 10.1 Å². The molecular formula is C21H18IN3O3. The van der Waals surface area contributed by atoms with Gasteiger partial charge in [-0.25, -0.2) is 0 Å². The quantitative estimate of drug-likeness (QED) is 0.206. The van der Waals surface area contributed by atoms with Gasteiger partial charge < -0.3 is 4.74 Å². The molecule has 6 nitrogen and oxygen atoms in total. The zero-order chi connectivity index (χ0) is 19.9. The van der Waals surface area contributed by atoms with Crippen molar-refractivity contribution in [3.05, 3.63) is 97.1 Å². The summed E-state index contributed by atoms with van der Waals surface area (Å²) in [7, 11) is 0. The number of non-ortho nitro benzene ring substituents is 1. The first-order chi connectivity index (χ1) is 13.5. The largest absolute Gasteiger partial charge is 0.488 e. The molecule has 0 aliphatic heterocycles. The van der Waals surface area contributed by atoms with E-state index >= 15 is 0 Å². The second-order valence-electron chi connectivity index (χ2n) is 6.14. The minimum absolute atomic E-state index is 0.0466. The summed E-state index contributed by atoms with van der Waals surface area (Å²) < 4.78 is 6.90. The topological polar surface area (TPSA) is 76.8 Å². The average Bonchev–Trinajstić information content (AvgIpc) is 2.68. The lowest BCUT2D eigenvalue weighted by Gasteiger charge is -2.09. The second kappa shape index (κ2) is 9.32. The van der Waals surface area contributed by atoms with Crippen molar-refractivity contribution < 1.29 is 9.66 Å². The van der Waals surface area contributed by atoms with E-state index in [0.29, 0.717) is 12.3 Å². The molecule has 7 heteroatoms. The SMILES string of the molecule is Cc1cccc(COc2ccc(/C=N/Nc3ccc([N+](=O)[O-])cc3)cc2I)c1. The molecule has 28 heavy (non-hydrogen) atoms. The van der Waals surface area contributed by atoms with Crippen LogP contribution >= 0.6 is 22.6 Å². The number of nitrogens with one attached hydrogen (secondary N) is 1. The molecule has 0 saturated heterocycles. The van der Waals surface area contributed by atoms with Crippen molar-refractivity contribution >= 4 is 40.2 Å². The highest BCUT2D eigenvalue weighted by atomic mass is 127. The molecule has 0 aliphatic rings. The van der Waals surface area contributed by atoms with Crippen LogP contribution in [0.15, 0.2) is 71.8 Å². The first-order valence-corrected chi connectivity index (χ1v) is 9.60. The highest BCUT2D eigenvalue weighted by Gasteiger charge is 2.04. The van der Waals surface area contributed by atoms with E-state index in [0.717, 1.165) is 20.4 Å². The Morgan fingerprint density at radius 3 is 2.61 bits per heavy atom. The maximum absolute atomic E-state index is 10.7. The average molecular weight is 487 g/mol. The van der Waals surface area contributed by atoms with E-state index in [1.807, 2.05) is 30.3 Å². The number of nitrogens with zero attached hydrogens (tertiary/aromatic N) is 2. The number of ether oxygens (including phenoxy) is 1. The molecule has 0 amide bonds. The smallest absolute Gasteiger partial charge is 0.269 e. The number of rotatable bonds is 7. The van der Waals surface area contributed by atoms with Gasteiger partial charge in [0.25, 0.3) is 5.69 Å². The van der Waals surface area contributed by atoms with Crippen LogP contribution in [0.25, 0.3) is 0 Å². The summed E-state index contributed by atoms with van der Waals surface area (Å²) in [5.41, 5.74) is 6.84. The molecule has 142 valence electrons. The lowest BCUT2D eigenvalue weighted by Crippen LogP contribution is -1.98. The first-order valence-electron chi connectivity index (χ1n) is 8.53. The molecule has 3 aromatic carbocycles. The van der Waals surface area contributed by atoms with E-state index in [1.165, 1.54) is 17.7 Å². The third-order valence-electron chi connectivity index (χ3n) is 3.92. The highest BCUT2D eigenvalue weighted by Crippen LogP contribution is 2.23. The van der Waals surface area contributed by atoms with Crippen LogP contribution in [-0.2, 0) is 6.61 Å². The fourth-order valence-corrected chi connectivity index (χ4v) is 3.21. The van der Waals surface area contributed by atoms with Gasteiger partial charge in [-0.15, -0.1) is 0 Å². The minimum Gasteiger partial charge on any atom is -0.488 e. The number of benzene rings is 3. The summed E-state index contributed by atoms with van der Waals surface area (Å²) in [6.07, 6.45) is 1.69. The lowest BCUT2D eigenvalue weighted by atomic mass is 10.1. The predicted octanol–water partition coefficient (Wildman–Crippen LogP) is 5.53. The van der Waals surface area contributed by atoms with Crippen LogP contribution in [0.5, 0.6) is 5.75 Å². The summed E-state index contributed by atoms with van der Waals surface area (Å²) in [6, 6.07) is 20.2. The molecule has 0 spiro atoms. The zero-order valence-corrected chi connectivity index (χ0v) is 17.3. The molecule has 0 fully saturated rings. The lowest BCUT2D eigenvalue weighted by molar-refractivity contribution is -0.384. The number of nitro benzene ring substituents is 1. The van der Waals surface area contributed by atoms with Gasteiger partial charge in [-0.3, -0.25) is 15.5 Å². The van der Waals surface area contributed by atoms with Gasteiger partial charge >= 0.3 is 0 Å².